The lowest BCUT2D eigenvalue weighted by atomic mass is 9.79. The molecule has 0 spiro atoms. The Morgan fingerprint density at radius 1 is 0.200 bits per heavy atom. The summed E-state index contributed by atoms with van der Waals surface area (Å²) in [4.78, 5) is 0. The molecular formula is C78H62N2. The summed E-state index contributed by atoms with van der Waals surface area (Å²) >= 11 is 0. The van der Waals surface area contributed by atoms with Crippen LogP contribution in [0.4, 0.5) is 11.4 Å². The zero-order valence-corrected chi connectivity index (χ0v) is 44.9. The van der Waals surface area contributed by atoms with Gasteiger partial charge in [-0.3, -0.25) is 0 Å². The molecule has 1 aliphatic carbocycles. The van der Waals surface area contributed by atoms with Crippen molar-refractivity contribution in [3.63, 3.8) is 0 Å². The Bertz CT molecular complexity index is 3710. The van der Waals surface area contributed by atoms with Gasteiger partial charge < -0.3 is 10.6 Å². The zero-order chi connectivity index (χ0) is 53.5. The number of hydrogen-bond donors (Lipinski definition) is 2. The molecule has 384 valence electrons. The van der Waals surface area contributed by atoms with Crippen molar-refractivity contribution in [3.8, 4) is 111 Å². The Labute approximate surface area is 471 Å². The molecule has 1 saturated carbocycles. The van der Waals surface area contributed by atoms with E-state index in [1.54, 1.807) is 0 Å². The van der Waals surface area contributed by atoms with Gasteiger partial charge in [-0.2, -0.15) is 0 Å². The number of anilines is 2. The molecular weight excluding hydrogens is 965 g/mol. The largest absolute Gasteiger partial charge is 0.380 e. The third-order valence-corrected chi connectivity index (χ3v) is 16.1. The zero-order valence-electron chi connectivity index (χ0n) is 44.9. The normalized spacial score (nSPS) is 14.1. The first kappa shape index (κ1) is 49.8. The van der Waals surface area contributed by atoms with E-state index in [1.165, 1.54) is 124 Å². The second-order valence-corrected chi connectivity index (χ2v) is 21.1. The van der Waals surface area contributed by atoms with Crippen molar-refractivity contribution in [3.05, 3.63) is 303 Å². The van der Waals surface area contributed by atoms with Crippen molar-refractivity contribution in [2.45, 2.75) is 37.8 Å². The van der Waals surface area contributed by atoms with Crippen LogP contribution in [0.5, 0.6) is 0 Å². The summed E-state index contributed by atoms with van der Waals surface area (Å²) in [6.07, 6.45) is 4.58. The van der Waals surface area contributed by atoms with E-state index in [0.29, 0.717) is 0 Å². The van der Waals surface area contributed by atoms with Gasteiger partial charge in [-0.05, 0) is 161 Å². The summed E-state index contributed by atoms with van der Waals surface area (Å²) in [5.41, 5.74) is 26.4. The molecule has 0 aromatic heterocycles. The maximum Gasteiger partial charge on any atom is 0.0462 e. The van der Waals surface area contributed by atoms with Crippen LogP contribution < -0.4 is 10.6 Å². The topological polar surface area (TPSA) is 24.1 Å². The SMILES string of the molecule is c1ccc(-c2cc(-c3ccc(N[C@@H]4CCCC[C@H]4Nc4ccc(-c5cc(-c6ccccc6)c(-c6ccccc6)c(-c6ccccc6)c5-c5ccccc5)cc4)cc3)c(-c3ccccc3)c(-c3ccccc3)c2-c2ccccc2)cc1. The molecule has 0 heterocycles. The van der Waals surface area contributed by atoms with E-state index < -0.39 is 0 Å². The van der Waals surface area contributed by atoms with Gasteiger partial charge >= 0.3 is 0 Å². The highest BCUT2D eigenvalue weighted by Crippen LogP contribution is 2.52. The van der Waals surface area contributed by atoms with Crippen LogP contribution in [0.25, 0.3) is 111 Å². The molecule has 0 radical (unpaired) electrons. The van der Waals surface area contributed by atoms with Crippen LogP contribution in [-0.4, -0.2) is 12.1 Å². The van der Waals surface area contributed by atoms with Crippen LogP contribution in [0.2, 0.25) is 0 Å². The first-order valence-corrected chi connectivity index (χ1v) is 28.3. The predicted molar refractivity (Wildman–Crippen MR) is 341 cm³/mol. The fraction of sp³-hybridized carbons (Fsp3) is 0.0769. The Morgan fingerprint density at radius 3 is 0.637 bits per heavy atom. The molecule has 2 N–H and O–H groups in total. The lowest BCUT2D eigenvalue weighted by molar-refractivity contribution is 0.424. The molecule has 80 heavy (non-hydrogen) atoms. The van der Waals surface area contributed by atoms with E-state index in [1.807, 2.05) is 0 Å². The number of rotatable bonds is 14. The van der Waals surface area contributed by atoms with E-state index >= 15 is 0 Å². The van der Waals surface area contributed by atoms with E-state index in [-0.39, 0.29) is 12.1 Å². The van der Waals surface area contributed by atoms with Crippen molar-refractivity contribution in [2.75, 3.05) is 10.6 Å². The van der Waals surface area contributed by atoms with E-state index in [9.17, 15) is 0 Å². The highest BCUT2D eigenvalue weighted by atomic mass is 15.0. The van der Waals surface area contributed by atoms with Crippen LogP contribution in [0.3, 0.4) is 0 Å². The van der Waals surface area contributed by atoms with Gasteiger partial charge in [0.15, 0.2) is 0 Å². The second-order valence-electron chi connectivity index (χ2n) is 21.1. The summed E-state index contributed by atoms with van der Waals surface area (Å²) in [6.45, 7) is 0. The van der Waals surface area contributed by atoms with Gasteiger partial charge in [0.2, 0.25) is 0 Å². The summed E-state index contributed by atoms with van der Waals surface area (Å²) in [5, 5.41) is 8.09. The third-order valence-electron chi connectivity index (χ3n) is 16.1. The molecule has 0 saturated heterocycles. The Hall–Kier alpha value is -9.76. The minimum atomic E-state index is 0.255. The summed E-state index contributed by atoms with van der Waals surface area (Å²) in [6, 6.07) is 111. The highest BCUT2D eigenvalue weighted by molar-refractivity contribution is 6.09. The predicted octanol–water partition coefficient (Wildman–Crippen LogP) is 21.2. The van der Waals surface area contributed by atoms with Crippen molar-refractivity contribution in [2.24, 2.45) is 0 Å². The first-order valence-electron chi connectivity index (χ1n) is 28.3. The summed E-state index contributed by atoms with van der Waals surface area (Å²) in [7, 11) is 0. The molecule has 12 aromatic carbocycles. The first-order chi connectivity index (χ1) is 39.7. The average Bonchev–Trinajstić information content (AvgIpc) is 3.57. The molecule has 2 nitrogen and oxygen atoms in total. The van der Waals surface area contributed by atoms with Crippen molar-refractivity contribution in [1.82, 2.24) is 0 Å². The lowest BCUT2D eigenvalue weighted by Gasteiger charge is -2.34. The van der Waals surface area contributed by atoms with Crippen molar-refractivity contribution < 1.29 is 0 Å². The Balaban J connectivity index is 0.849. The number of benzene rings is 12. The van der Waals surface area contributed by atoms with Crippen LogP contribution in [-0.2, 0) is 0 Å². The fourth-order valence-corrected chi connectivity index (χ4v) is 12.3. The van der Waals surface area contributed by atoms with Gasteiger partial charge in [-0.1, -0.05) is 280 Å². The minimum absolute atomic E-state index is 0.255. The van der Waals surface area contributed by atoms with E-state index in [0.717, 1.165) is 24.2 Å². The van der Waals surface area contributed by atoms with E-state index in [2.05, 4.69) is 314 Å². The third kappa shape index (κ3) is 10.3. The molecule has 12 aromatic rings. The van der Waals surface area contributed by atoms with Crippen LogP contribution in [0.15, 0.2) is 303 Å². The Morgan fingerprint density at radius 2 is 0.400 bits per heavy atom. The van der Waals surface area contributed by atoms with Crippen molar-refractivity contribution >= 4 is 11.4 Å². The van der Waals surface area contributed by atoms with Gasteiger partial charge in [0, 0.05) is 23.5 Å². The highest BCUT2D eigenvalue weighted by Gasteiger charge is 2.28. The fourth-order valence-electron chi connectivity index (χ4n) is 12.3. The molecule has 0 unspecified atom stereocenters. The Kier molecular flexibility index (Phi) is 14.4. The molecule has 0 amide bonds. The molecule has 2 atom stereocenters. The van der Waals surface area contributed by atoms with Gasteiger partial charge in [-0.25, -0.2) is 0 Å². The summed E-state index contributed by atoms with van der Waals surface area (Å²) in [5.74, 6) is 0. The van der Waals surface area contributed by atoms with Crippen LogP contribution >= 0.6 is 0 Å². The van der Waals surface area contributed by atoms with Gasteiger partial charge in [0.1, 0.15) is 0 Å². The standard InChI is InChI=1S/C78H62N2/c1-9-27-55(28-10-1)67-53-69(75(61-35-17-5-18-36-61)77(63-39-21-7-22-40-63)73(67)59-31-13-3-14-32-59)57-45-49-65(50-46-57)79-71-43-25-26-44-72(71)80-66-51-47-58(48-52-66)70-54-68(56-29-11-2-12-30-56)74(60-33-15-4-16-34-60)78(64-41-23-8-24-42-64)76(70)62-37-19-6-20-38-62/h1-24,27-42,45-54,71-72,79-80H,25-26,43-44H2/t71-,72-/m1/s1. The van der Waals surface area contributed by atoms with Gasteiger partial charge in [0.25, 0.3) is 0 Å². The molecule has 1 aliphatic rings. The molecule has 0 aliphatic heterocycles. The van der Waals surface area contributed by atoms with Gasteiger partial charge in [-0.15, -0.1) is 0 Å². The summed E-state index contributed by atoms with van der Waals surface area (Å²) < 4.78 is 0. The number of hydrogen-bond acceptors (Lipinski definition) is 2. The monoisotopic (exact) mass is 1030 g/mol. The molecule has 1 fully saturated rings. The minimum Gasteiger partial charge on any atom is -0.380 e. The molecule has 13 rings (SSSR count). The van der Waals surface area contributed by atoms with Crippen molar-refractivity contribution in [1.29, 1.82) is 0 Å². The van der Waals surface area contributed by atoms with Gasteiger partial charge in [0.05, 0.1) is 0 Å². The average molecular weight is 1030 g/mol. The quantitative estimate of drug-likeness (QED) is 0.113. The second kappa shape index (κ2) is 23.1. The van der Waals surface area contributed by atoms with Crippen LogP contribution in [0.1, 0.15) is 25.7 Å². The smallest absolute Gasteiger partial charge is 0.0462 e. The maximum atomic E-state index is 4.04. The molecule has 2 heteroatoms. The van der Waals surface area contributed by atoms with Crippen LogP contribution in [0, 0.1) is 0 Å². The number of nitrogens with one attached hydrogen (secondary N) is 2. The lowest BCUT2D eigenvalue weighted by Crippen LogP contribution is -2.41. The molecule has 0 bridgehead atoms. The van der Waals surface area contributed by atoms with E-state index in [4.69, 9.17) is 0 Å². The maximum absolute atomic E-state index is 4.04.